The van der Waals surface area contributed by atoms with Crippen LogP contribution in [0.15, 0.2) is 30.3 Å². The fraction of sp³-hybridized carbons (Fsp3) is 0.154. The van der Waals surface area contributed by atoms with E-state index in [0.29, 0.717) is 16.7 Å². The standard InChI is InChI=1S/C13H14ClN3/c1-2-8-7-11(15)17-13(16)12(8)9-4-3-5-10(14)6-9/h3-7H,2H2,1H3,(H4,15,16,17). The van der Waals surface area contributed by atoms with Crippen molar-refractivity contribution in [3.63, 3.8) is 0 Å². The molecule has 1 aromatic heterocycles. The molecule has 0 atom stereocenters. The number of nitrogen functional groups attached to an aromatic ring is 2. The van der Waals surface area contributed by atoms with Crippen LogP contribution in [-0.2, 0) is 6.42 Å². The van der Waals surface area contributed by atoms with Gasteiger partial charge in [0, 0.05) is 10.6 Å². The van der Waals surface area contributed by atoms with Gasteiger partial charge in [0.1, 0.15) is 11.6 Å². The van der Waals surface area contributed by atoms with Gasteiger partial charge in [0.05, 0.1) is 0 Å². The molecule has 0 fully saturated rings. The lowest BCUT2D eigenvalue weighted by molar-refractivity contribution is 1.13. The molecule has 4 heteroatoms. The van der Waals surface area contributed by atoms with Crippen LogP contribution in [0.25, 0.3) is 11.1 Å². The zero-order chi connectivity index (χ0) is 12.4. The van der Waals surface area contributed by atoms with Gasteiger partial charge in [-0.1, -0.05) is 30.7 Å². The SMILES string of the molecule is CCc1cc(N)nc(N)c1-c1cccc(Cl)c1. The number of benzene rings is 1. The molecule has 0 aliphatic rings. The summed E-state index contributed by atoms with van der Waals surface area (Å²) in [6, 6.07) is 9.43. The van der Waals surface area contributed by atoms with Gasteiger partial charge in [0.15, 0.2) is 0 Å². The Morgan fingerprint density at radius 1 is 1.24 bits per heavy atom. The van der Waals surface area contributed by atoms with E-state index in [2.05, 4.69) is 11.9 Å². The summed E-state index contributed by atoms with van der Waals surface area (Å²) in [7, 11) is 0. The molecule has 0 amide bonds. The van der Waals surface area contributed by atoms with Crippen molar-refractivity contribution in [1.29, 1.82) is 0 Å². The third-order valence-corrected chi connectivity index (χ3v) is 2.88. The van der Waals surface area contributed by atoms with Crippen LogP contribution in [0.3, 0.4) is 0 Å². The summed E-state index contributed by atoms with van der Waals surface area (Å²) in [6.45, 7) is 2.06. The first kappa shape index (κ1) is 11.7. The summed E-state index contributed by atoms with van der Waals surface area (Å²) in [5.74, 6) is 0.897. The van der Waals surface area contributed by atoms with Gasteiger partial charge >= 0.3 is 0 Å². The monoisotopic (exact) mass is 247 g/mol. The van der Waals surface area contributed by atoms with Crippen LogP contribution in [0.2, 0.25) is 5.02 Å². The van der Waals surface area contributed by atoms with Crippen molar-refractivity contribution in [2.75, 3.05) is 11.5 Å². The van der Waals surface area contributed by atoms with Gasteiger partial charge in [-0.15, -0.1) is 0 Å². The molecular formula is C13H14ClN3. The minimum Gasteiger partial charge on any atom is -0.384 e. The lowest BCUT2D eigenvalue weighted by Gasteiger charge is -2.12. The lowest BCUT2D eigenvalue weighted by Crippen LogP contribution is -2.02. The van der Waals surface area contributed by atoms with E-state index in [-0.39, 0.29) is 0 Å². The Morgan fingerprint density at radius 3 is 2.65 bits per heavy atom. The van der Waals surface area contributed by atoms with Crippen molar-refractivity contribution in [2.24, 2.45) is 0 Å². The predicted molar refractivity (Wildman–Crippen MR) is 72.9 cm³/mol. The summed E-state index contributed by atoms with van der Waals surface area (Å²) in [5.41, 5.74) is 14.6. The van der Waals surface area contributed by atoms with Crippen LogP contribution in [0.5, 0.6) is 0 Å². The predicted octanol–water partition coefficient (Wildman–Crippen LogP) is 3.13. The highest BCUT2D eigenvalue weighted by Gasteiger charge is 2.10. The maximum atomic E-state index is 5.99. The van der Waals surface area contributed by atoms with E-state index in [9.17, 15) is 0 Å². The molecule has 3 nitrogen and oxygen atoms in total. The van der Waals surface area contributed by atoms with Gasteiger partial charge in [0.25, 0.3) is 0 Å². The number of hydrogen-bond acceptors (Lipinski definition) is 3. The van der Waals surface area contributed by atoms with Crippen molar-refractivity contribution < 1.29 is 0 Å². The molecule has 0 bridgehead atoms. The van der Waals surface area contributed by atoms with E-state index < -0.39 is 0 Å². The highest BCUT2D eigenvalue weighted by atomic mass is 35.5. The highest BCUT2D eigenvalue weighted by molar-refractivity contribution is 6.30. The number of rotatable bonds is 2. The first-order valence-electron chi connectivity index (χ1n) is 5.42. The molecule has 2 aromatic rings. The number of nitrogens with zero attached hydrogens (tertiary/aromatic N) is 1. The van der Waals surface area contributed by atoms with Crippen molar-refractivity contribution in [3.8, 4) is 11.1 Å². The molecular weight excluding hydrogens is 234 g/mol. The maximum absolute atomic E-state index is 5.99. The summed E-state index contributed by atoms with van der Waals surface area (Å²) in [6.07, 6.45) is 0.846. The van der Waals surface area contributed by atoms with E-state index in [1.54, 1.807) is 0 Å². The molecule has 1 aromatic carbocycles. The molecule has 0 spiro atoms. The molecule has 0 unspecified atom stereocenters. The maximum Gasteiger partial charge on any atom is 0.133 e. The minimum absolute atomic E-state index is 0.448. The summed E-state index contributed by atoms with van der Waals surface area (Å²) < 4.78 is 0. The molecule has 17 heavy (non-hydrogen) atoms. The van der Waals surface area contributed by atoms with Crippen LogP contribution in [0.4, 0.5) is 11.6 Å². The van der Waals surface area contributed by atoms with Gasteiger partial charge in [-0.05, 0) is 35.7 Å². The molecule has 88 valence electrons. The quantitative estimate of drug-likeness (QED) is 0.857. The summed E-state index contributed by atoms with van der Waals surface area (Å²) in [5, 5.41) is 0.681. The second kappa shape index (κ2) is 4.63. The molecule has 2 rings (SSSR count). The van der Waals surface area contributed by atoms with E-state index in [1.807, 2.05) is 30.3 Å². The molecule has 0 radical (unpaired) electrons. The van der Waals surface area contributed by atoms with Crippen molar-refractivity contribution in [3.05, 3.63) is 40.9 Å². The first-order valence-corrected chi connectivity index (χ1v) is 5.80. The van der Waals surface area contributed by atoms with E-state index >= 15 is 0 Å². The van der Waals surface area contributed by atoms with Crippen LogP contribution >= 0.6 is 11.6 Å². The van der Waals surface area contributed by atoms with Crippen LogP contribution in [0.1, 0.15) is 12.5 Å². The second-order valence-corrected chi connectivity index (χ2v) is 4.27. The summed E-state index contributed by atoms with van der Waals surface area (Å²) in [4.78, 5) is 4.10. The average molecular weight is 248 g/mol. The third-order valence-electron chi connectivity index (χ3n) is 2.64. The zero-order valence-electron chi connectivity index (χ0n) is 9.57. The molecule has 1 heterocycles. The van der Waals surface area contributed by atoms with Crippen LogP contribution in [0, 0.1) is 0 Å². The van der Waals surface area contributed by atoms with Gasteiger partial charge in [-0.25, -0.2) is 4.98 Å². The number of pyridine rings is 1. The fourth-order valence-corrected chi connectivity index (χ4v) is 2.09. The number of aryl methyl sites for hydroxylation is 1. The number of anilines is 2. The minimum atomic E-state index is 0.448. The number of aromatic nitrogens is 1. The Kier molecular flexibility index (Phi) is 3.20. The Labute approximate surface area is 105 Å². The van der Waals surface area contributed by atoms with Gasteiger partial charge < -0.3 is 11.5 Å². The van der Waals surface area contributed by atoms with Gasteiger partial charge in [0.2, 0.25) is 0 Å². The number of hydrogen-bond donors (Lipinski definition) is 2. The Morgan fingerprint density at radius 2 is 2.00 bits per heavy atom. The van der Waals surface area contributed by atoms with Crippen molar-refractivity contribution in [2.45, 2.75) is 13.3 Å². The normalized spacial score (nSPS) is 10.5. The van der Waals surface area contributed by atoms with Crippen molar-refractivity contribution >= 4 is 23.2 Å². The van der Waals surface area contributed by atoms with Gasteiger partial charge in [-0.2, -0.15) is 0 Å². The van der Waals surface area contributed by atoms with E-state index in [4.69, 9.17) is 23.1 Å². The molecule has 0 aliphatic carbocycles. The average Bonchev–Trinajstić information content (AvgIpc) is 2.27. The number of nitrogens with two attached hydrogens (primary N) is 2. The van der Waals surface area contributed by atoms with Crippen LogP contribution < -0.4 is 11.5 Å². The molecule has 4 N–H and O–H groups in total. The van der Waals surface area contributed by atoms with Gasteiger partial charge in [-0.3, -0.25) is 0 Å². The Hall–Kier alpha value is -1.74. The fourth-order valence-electron chi connectivity index (χ4n) is 1.90. The van der Waals surface area contributed by atoms with Crippen LogP contribution in [-0.4, -0.2) is 4.98 Å². The highest BCUT2D eigenvalue weighted by Crippen LogP contribution is 2.31. The smallest absolute Gasteiger partial charge is 0.133 e. The lowest BCUT2D eigenvalue weighted by atomic mass is 9.99. The Balaban J connectivity index is 2.66. The van der Waals surface area contributed by atoms with E-state index in [0.717, 1.165) is 23.1 Å². The largest absolute Gasteiger partial charge is 0.384 e. The van der Waals surface area contributed by atoms with E-state index in [1.165, 1.54) is 0 Å². The Bertz CT molecular complexity index is 552. The molecule has 0 saturated carbocycles. The topological polar surface area (TPSA) is 64.9 Å². The first-order chi connectivity index (χ1) is 8.11. The molecule has 0 aliphatic heterocycles. The zero-order valence-corrected chi connectivity index (χ0v) is 10.3. The third kappa shape index (κ3) is 2.34. The second-order valence-electron chi connectivity index (χ2n) is 3.83. The summed E-state index contributed by atoms with van der Waals surface area (Å²) >= 11 is 5.99. The number of halogens is 1. The van der Waals surface area contributed by atoms with Crippen molar-refractivity contribution in [1.82, 2.24) is 4.98 Å². The molecule has 0 saturated heterocycles.